The molecule has 1 fully saturated rings. The third-order valence-corrected chi connectivity index (χ3v) is 9.15. The fourth-order valence-electron chi connectivity index (χ4n) is 5.95. The van der Waals surface area contributed by atoms with E-state index in [1.165, 1.54) is 34.4 Å². The van der Waals surface area contributed by atoms with Crippen LogP contribution in [0.25, 0.3) is 10.2 Å². The van der Waals surface area contributed by atoms with Crippen molar-refractivity contribution in [2.45, 2.75) is 45.3 Å². The Hall–Kier alpha value is -2.06. The van der Waals surface area contributed by atoms with Crippen LogP contribution in [0, 0.1) is 0 Å². The second-order valence-electron chi connectivity index (χ2n) is 9.68. The van der Waals surface area contributed by atoms with Crippen molar-refractivity contribution >= 4 is 21.6 Å². The molecule has 0 N–H and O–H groups in total. The van der Waals surface area contributed by atoms with Gasteiger partial charge in [0.15, 0.2) is 0 Å². The van der Waals surface area contributed by atoms with Gasteiger partial charge >= 0.3 is 0 Å². The first-order valence-electron chi connectivity index (χ1n) is 12.5. The monoisotopic (exact) mass is 463 g/mol. The van der Waals surface area contributed by atoms with Crippen molar-refractivity contribution < 1.29 is 0 Å². The molecule has 0 radical (unpaired) electrons. The summed E-state index contributed by atoms with van der Waals surface area (Å²) in [6.07, 6.45) is 5.28. The summed E-state index contributed by atoms with van der Waals surface area (Å²) in [5, 5.41) is 0.875. The highest BCUT2D eigenvalue weighted by atomic mass is 32.1. The normalized spacial score (nSPS) is 22.0. The molecule has 0 bridgehead atoms. The molecule has 7 heteroatoms. The van der Waals surface area contributed by atoms with Crippen LogP contribution in [0.5, 0.6) is 0 Å². The summed E-state index contributed by atoms with van der Waals surface area (Å²) in [5.41, 5.74) is 4.46. The SMILES string of the molecule is CCN1CCc2sc3ncn(CCN4CCN(C5CCc6ccccc65)CC4)c(=O)c3c2C1. The Morgan fingerprint density at radius 1 is 1.03 bits per heavy atom. The van der Waals surface area contributed by atoms with E-state index in [-0.39, 0.29) is 5.56 Å². The van der Waals surface area contributed by atoms with Gasteiger partial charge in [0.25, 0.3) is 5.56 Å². The number of aromatic nitrogens is 2. The zero-order chi connectivity index (χ0) is 22.4. The Bertz CT molecular complexity index is 1210. The average molecular weight is 464 g/mol. The van der Waals surface area contributed by atoms with Crippen molar-refractivity contribution in [3.63, 3.8) is 0 Å². The molecule has 3 aromatic rings. The van der Waals surface area contributed by atoms with Gasteiger partial charge in [0.05, 0.1) is 11.7 Å². The maximum absolute atomic E-state index is 13.4. The lowest BCUT2D eigenvalue weighted by molar-refractivity contribution is 0.0936. The van der Waals surface area contributed by atoms with Crippen LogP contribution in [0.15, 0.2) is 35.4 Å². The van der Waals surface area contributed by atoms with E-state index in [9.17, 15) is 4.79 Å². The van der Waals surface area contributed by atoms with Crippen LogP contribution in [0.2, 0.25) is 0 Å². The minimum Gasteiger partial charge on any atom is -0.299 e. The van der Waals surface area contributed by atoms with Gasteiger partial charge in [0.2, 0.25) is 0 Å². The number of rotatable bonds is 5. The molecule has 0 saturated carbocycles. The molecule has 1 saturated heterocycles. The van der Waals surface area contributed by atoms with Crippen molar-refractivity contribution in [1.82, 2.24) is 24.3 Å². The number of benzene rings is 1. The van der Waals surface area contributed by atoms with E-state index in [0.29, 0.717) is 6.04 Å². The maximum Gasteiger partial charge on any atom is 0.262 e. The van der Waals surface area contributed by atoms with Gasteiger partial charge in [0.1, 0.15) is 4.83 Å². The summed E-state index contributed by atoms with van der Waals surface area (Å²) in [6, 6.07) is 9.54. The molecule has 0 spiro atoms. The zero-order valence-electron chi connectivity index (χ0n) is 19.5. The van der Waals surface area contributed by atoms with Gasteiger partial charge in [-0.1, -0.05) is 31.2 Å². The highest BCUT2D eigenvalue weighted by Gasteiger charge is 2.30. The first kappa shape index (κ1) is 21.5. The summed E-state index contributed by atoms with van der Waals surface area (Å²) in [6.45, 7) is 11.2. The number of piperazine rings is 1. The number of hydrogen-bond donors (Lipinski definition) is 0. The van der Waals surface area contributed by atoms with Crippen LogP contribution in [-0.4, -0.2) is 70.1 Å². The molecular weight excluding hydrogens is 430 g/mol. The summed E-state index contributed by atoms with van der Waals surface area (Å²) in [7, 11) is 0. The van der Waals surface area contributed by atoms with E-state index in [2.05, 4.69) is 50.9 Å². The molecule has 1 aromatic carbocycles. The molecular formula is C26H33N5OS. The molecule has 2 aromatic heterocycles. The van der Waals surface area contributed by atoms with E-state index in [0.717, 1.165) is 75.5 Å². The second kappa shape index (κ2) is 8.95. The van der Waals surface area contributed by atoms with E-state index in [1.807, 2.05) is 4.57 Å². The fraction of sp³-hybridized carbons (Fsp3) is 0.538. The molecule has 0 amide bonds. The van der Waals surface area contributed by atoms with Gasteiger partial charge in [-0.25, -0.2) is 4.98 Å². The molecule has 174 valence electrons. The Labute approximate surface area is 199 Å². The highest BCUT2D eigenvalue weighted by Crippen LogP contribution is 2.36. The Morgan fingerprint density at radius 3 is 2.73 bits per heavy atom. The largest absolute Gasteiger partial charge is 0.299 e. The predicted octanol–water partition coefficient (Wildman–Crippen LogP) is 3.14. The standard InChI is InChI=1S/C26H33N5OS/c1-2-28-10-9-23-21(17-28)24-25(33-23)27-18-31(26(24)32)16-13-29-11-14-30(15-12-29)22-8-7-19-5-3-4-6-20(19)22/h3-6,18,22H,2,7-17H2,1H3. The van der Waals surface area contributed by atoms with E-state index < -0.39 is 0 Å². The topological polar surface area (TPSA) is 44.6 Å². The lowest BCUT2D eigenvalue weighted by atomic mass is 10.1. The summed E-state index contributed by atoms with van der Waals surface area (Å²) < 4.78 is 1.85. The van der Waals surface area contributed by atoms with Crippen LogP contribution in [0.4, 0.5) is 0 Å². The van der Waals surface area contributed by atoms with E-state index in [1.54, 1.807) is 17.7 Å². The van der Waals surface area contributed by atoms with Crippen LogP contribution in [0.1, 0.15) is 41.0 Å². The third-order valence-electron chi connectivity index (χ3n) is 7.95. The van der Waals surface area contributed by atoms with Gasteiger partial charge in [-0.2, -0.15) is 0 Å². The van der Waals surface area contributed by atoms with Crippen LogP contribution >= 0.6 is 11.3 Å². The molecule has 1 atom stereocenters. The smallest absolute Gasteiger partial charge is 0.262 e. The van der Waals surface area contributed by atoms with Crippen molar-refractivity contribution in [2.75, 3.05) is 45.8 Å². The number of hydrogen-bond acceptors (Lipinski definition) is 6. The van der Waals surface area contributed by atoms with Gasteiger partial charge < -0.3 is 0 Å². The highest BCUT2D eigenvalue weighted by molar-refractivity contribution is 7.18. The first-order valence-corrected chi connectivity index (χ1v) is 13.3. The van der Waals surface area contributed by atoms with Crippen molar-refractivity contribution in [2.24, 2.45) is 0 Å². The Balaban J connectivity index is 1.11. The Kier molecular flexibility index (Phi) is 5.82. The number of likely N-dealkylation sites (N-methyl/N-ethyl adjacent to an activating group) is 1. The van der Waals surface area contributed by atoms with Gasteiger partial charge in [-0.05, 0) is 42.5 Å². The molecule has 3 aliphatic rings. The minimum atomic E-state index is 0.150. The molecule has 6 nitrogen and oxygen atoms in total. The molecule has 6 rings (SSSR count). The van der Waals surface area contributed by atoms with Crippen LogP contribution in [0.3, 0.4) is 0 Å². The maximum atomic E-state index is 13.4. The molecule has 1 unspecified atom stereocenters. The number of aryl methyl sites for hydroxylation is 1. The Morgan fingerprint density at radius 2 is 1.88 bits per heavy atom. The van der Waals surface area contributed by atoms with Crippen molar-refractivity contribution in [1.29, 1.82) is 0 Å². The quantitative estimate of drug-likeness (QED) is 0.582. The molecule has 4 heterocycles. The predicted molar refractivity (Wildman–Crippen MR) is 134 cm³/mol. The number of thiophene rings is 1. The van der Waals surface area contributed by atoms with E-state index >= 15 is 0 Å². The lowest BCUT2D eigenvalue weighted by Gasteiger charge is -2.38. The summed E-state index contributed by atoms with van der Waals surface area (Å²) >= 11 is 1.72. The van der Waals surface area contributed by atoms with E-state index in [4.69, 9.17) is 0 Å². The average Bonchev–Trinajstić information content (AvgIpc) is 3.45. The van der Waals surface area contributed by atoms with Gasteiger partial charge in [0, 0.05) is 63.3 Å². The number of nitrogens with zero attached hydrogens (tertiary/aromatic N) is 5. The van der Waals surface area contributed by atoms with Crippen LogP contribution < -0.4 is 5.56 Å². The van der Waals surface area contributed by atoms with Crippen LogP contribution in [-0.2, 0) is 25.9 Å². The minimum absolute atomic E-state index is 0.150. The van der Waals surface area contributed by atoms with Crippen molar-refractivity contribution in [3.8, 4) is 0 Å². The van der Waals surface area contributed by atoms with Gasteiger partial charge in [-0.3, -0.25) is 24.1 Å². The summed E-state index contributed by atoms with van der Waals surface area (Å²) in [4.78, 5) is 27.9. The zero-order valence-corrected chi connectivity index (χ0v) is 20.3. The summed E-state index contributed by atoms with van der Waals surface area (Å²) in [5.74, 6) is 0. The van der Waals surface area contributed by atoms with Crippen molar-refractivity contribution in [3.05, 3.63) is 62.5 Å². The number of fused-ring (bicyclic) bond motifs is 4. The molecule has 2 aliphatic heterocycles. The first-order chi connectivity index (χ1) is 16.2. The molecule has 33 heavy (non-hydrogen) atoms. The third kappa shape index (κ3) is 3.95. The molecule has 1 aliphatic carbocycles. The van der Waals surface area contributed by atoms with Gasteiger partial charge in [-0.15, -0.1) is 11.3 Å². The second-order valence-corrected chi connectivity index (χ2v) is 10.8. The fourth-order valence-corrected chi connectivity index (χ4v) is 7.08. The lowest BCUT2D eigenvalue weighted by Crippen LogP contribution is -2.48.